The van der Waals surface area contributed by atoms with Gasteiger partial charge in [0, 0.05) is 23.0 Å². The zero-order valence-corrected chi connectivity index (χ0v) is 12.1. The number of hydrogen-bond donors (Lipinski definition) is 2. The fourth-order valence-electron chi connectivity index (χ4n) is 1.30. The largest absolute Gasteiger partial charge is 0.328 e. The number of amides is 1. The summed E-state index contributed by atoms with van der Waals surface area (Å²) in [6, 6.07) is 6.31. The molecule has 0 saturated heterocycles. The van der Waals surface area contributed by atoms with Gasteiger partial charge in [0.05, 0.1) is 0 Å². The molecule has 3 N–H and O–H groups in total. The minimum Gasteiger partial charge on any atom is -0.328 e. The van der Waals surface area contributed by atoms with Crippen LogP contribution in [0.4, 0.5) is 14.5 Å². The molecule has 108 valence electrons. The predicted molar refractivity (Wildman–Crippen MR) is 77.1 cm³/mol. The van der Waals surface area contributed by atoms with Gasteiger partial charge in [-0.1, -0.05) is 11.8 Å². The number of rotatable bonds is 6. The second kappa shape index (κ2) is 9.12. The van der Waals surface area contributed by atoms with Crippen molar-refractivity contribution < 1.29 is 13.6 Å². The Labute approximate surface area is 121 Å². The normalized spacial score (nSPS) is 11.8. The summed E-state index contributed by atoms with van der Waals surface area (Å²) in [6.45, 7) is 1.84. The minimum absolute atomic E-state index is 0. The summed E-state index contributed by atoms with van der Waals surface area (Å²) >= 11 is 0.478. The Hall–Kier alpha value is -0.850. The Morgan fingerprint density at radius 2 is 1.95 bits per heavy atom. The number of anilines is 1. The van der Waals surface area contributed by atoms with Crippen LogP contribution in [0.1, 0.15) is 19.8 Å². The van der Waals surface area contributed by atoms with Crippen LogP contribution < -0.4 is 11.1 Å². The topological polar surface area (TPSA) is 55.1 Å². The third-order valence-corrected chi connectivity index (χ3v) is 2.91. The molecule has 1 aromatic carbocycles. The predicted octanol–water partition coefficient (Wildman–Crippen LogP) is 3.49. The smallest absolute Gasteiger partial charge is 0.288 e. The molecule has 0 fully saturated rings. The van der Waals surface area contributed by atoms with Crippen LogP contribution in [0, 0.1) is 0 Å². The van der Waals surface area contributed by atoms with Crippen LogP contribution in [0.3, 0.4) is 0 Å². The van der Waals surface area contributed by atoms with E-state index < -0.39 is 5.76 Å². The molecule has 1 amide bonds. The molecule has 3 nitrogen and oxygen atoms in total. The third kappa shape index (κ3) is 8.02. The molecule has 0 aliphatic heterocycles. The fourth-order valence-corrected chi connectivity index (χ4v) is 1.80. The van der Waals surface area contributed by atoms with E-state index in [9.17, 15) is 13.6 Å². The van der Waals surface area contributed by atoms with E-state index in [0.717, 1.165) is 0 Å². The van der Waals surface area contributed by atoms with Crippen LogP contribution >= 0.6 is 24.2 Å². The Morgan fingerprint density at radius 1 is 1.37 bits per heavy atom. The molecule has 19 heavy (non-hydrogen) atoms. The highest BCUT2D eigenvalue weighted by Gasteiger charge is 2.06. The quantitative estimate of drug-likeness (QED) is 0.791. The van der Waals surface area contributed by atoms with E-state index in [-0.39, 0.29) is 24.4 Å². The van der Waals surface area contributed by atoms with Crippen LogP contribution in [0.15, 0.2) is 29.2 Å². The Bertz CT molecular complexity index is 388. The number of thioether (sulfide) groups is 1. The van der Waals surface area contributed by atoms with Crippen LogP contribution in [-0.4, -0.2) is 17.7 Å². The number of carbonyl (C=O) groups excluding carboxylic acids is 1. The lowest BCUT2D eigenvalue weighted by atomic mass is 10.2. The Kier molecular flexibility index (Phi) is 8.71. The molecule has 0 spiro atoms. The van der Waals surface area contributed by atoms with E-state index in [1.54, 1.807) is 24.3 Å². The molecular weight excluding hydrogens is 294 g/mol. The first-order valence-electron chi connectivity index (χ1n) is 5.57. The maximum absolute atomic E-state index is 12.1. The fraction of sp³-hybridized carbons (Fsp3) is 0.417. The van der Waals surface area contributed by atoms with Crippen molar-refractivity contribution in [1.29, 1.82) is 0 Å². The maximum atomic E-state index is 12.1. The van der Waals surface area contributed by atoms with Gasteiger partial charge in [-0.15, -0.1) is 12.4 Å². The van der Waals surface area contributed by atoms with Crippen molar-refractivity contribution in [2.24, 2.45) is 5.73 Å². The third-order valence-electron chi connectivity index (χ3n) is 2.19. The molecule has 0 aliphatic rings. The number of halogens is 3. The summed E-state index contributed by atoms with van der Waals surface area (Å²) in [5.74, 6) is -2.56. The first kappa shape index (κ1) is 18.1. The van der Waals surface area contributed by atoms with Gasteiger partial charge in [0.1, 0.15) is 0 Å². The molecule has 7 heteroatoms. The van der Waals surface area contributed by atoms with Crippen molar-refractivity contribution in [2.45, 2.75) is 36.5 Å². The number of hydrogen-bond acceptors (Lipinski definition) is 3. The summed E-state index contributed by atoms with van der Waals surface area (Å²) < 4.78 is 24.2. The van der Waals surface area contributed by atoms with Gasteiger partial charge >= 0.3 is 0 Å². The van der Waals surface area contributed by atoms with Crippen LogP contribution in [0.5, 0.6) is 0 Å². The van der Waals surface area contributed by atoms with E-state index in [2.05, 4.69) is 5.32 Å². The van der Waals surface area contributed by atoms with Crippen molar-refractivity contribution >= 4 is 35.8 Å². The van der Waals surface area contributed by atoms with Gasteiger partial charge in [-0.2, -0.15) is 8.78 Å². The zero-order valence-electron chi connectivity index (χ0n) is 10.4. The number of nitrogens with two attached hydrogens (primary N) is 1. The van der Waals surface area contributed by atoms with Gasteiger partial charge in [0.15, 0.2) is 0 Å². The number of nitrogens with one attached hydrogen (secondary N) is 1. The van der Waals surface area contributed by atoms with Crippen LogP contribution in [0.2, 0.25) is 0 Å². The lowest BCUT2D eigenvalue weighted by molar-refractivity contribution is -0.116. The van der Waals surface area contributed by atoms with Gasteiger partial charge < -0.3 is 11.1 Å². The van der Waals surface area contributed by atoms with Gasteiger partial charge in [0.25, 0.3) is 5.76 Å². The van der Waals surface area contributed by atoms with Crippen molar-refractivity contribution in [3.63, 3.8) is 0 Å². The van der Waals surface area contributed by atoms with Crippen LogP contribution in [-0.2, 0) is 4.79 Å². The van der Waals surface area contributed by atoms with Crippen LogP contribution in [0.25, 0.3) is 0 Å². The lowest BCUT2D eigenvalue weighted by Gasteiger charge is -2.07. The highest BCUT2D eigenvalue weighted by atomic mass is 35.5. The molecule has 0 aromatic heterocycles. The molecule has 0 heterocycles. The summed E-state index contributed by atoms with van der Waals surface area (Å²) in [5, 5.41) is 2.69. The second-order valence-corrected chi connectivity index (χ2v) is 5.03. The highest BCUT2D eigenvalue weighted by molar-refractivity contribution is 7.99. The standard InChI is InChI=1S/C12H16F2N2OS.ClH/c1-8(15)2-7-11(17)16-9-3-5-10(6-4-9)18-12(13)14;/h3-6,8,12H,2,7,15H2,1H3,(H,16,17);1H. The zero-order chi connectivity index (χ0) is 13.5. The first-order chi connectivity index (χ1) is 8.47. The molecule has 0 radical (unpaired) electrons. The van der Waals surface area contributed by atoms with Crippen molar-refractivity contribution in [3.05, 3.63) is 24.3 Å². The summed E-state index contributed by atoms with van der Waals surface area (Å²) in [6.07, 6.45) is 0.969. The van der Waals surface area contributed by atoms with Crippen molar-refractivity contribution in [2.75, 3.05) is 5.32 Å². The number of benzene rings is 1. The molecule has 0 bridgehead atoms. The van der Waals surface area contributed by atoms with Gasteiger partial charge in [-0.05, 0) is 37.6 Å². The SMILES string of the molecule is CC(N)CCC(=O)Nc1ccc(SC(F)F)cc1.Cl. The van der Waals surface area contributed by atoms with E-state index in [4.69, 9.17) is 5.73 Å². The van der Waals surface area contributed by atoms with E-state index >= 15 is 0 Å². The lowest BCUT2D eigenvalue weighted by Crippen LogP contribution is -2.19. The maximum Gasteiger partial charge on any atom is 0.288 e. The van der Waals surface area contributed by atoms with Gasteiger partial charge in [-0.3, -0.25) is 4.79 Å². The van der Waals surface area contributed by atoms with Crippen molar-refractivity contribution in [3.8, 4) is 0 Å². The highest BCUT2D eigenvalue weighted by Crippen LogP contribution is 2.26. The monoisotopic (exact) mass is 310 g/mol. The number of carbonyl (C=O) groups is 1. The molecule has 1 aromatic rings. The van der Waals surface area contributed by atoms with Gasteiger partial charge in [-0.25, -0.2) is 0 Å². The summed E-state index contributed by atoms with van der Waals surface area (Å²) in [7, 11) is 0. The van der Waals surface area contributed by atoms with E-state index in [0.29, 0.717) is 35.2 Å². The second-order valence-electron chi connectivity index (χ2n) is 3.97. The van der Waals surface area contributed by atoms with Gasteiger partial charge in [0.2, 0.25) is 5.91 Å². The average molecular weight is 311 g/mol. The minimum atomic E-state index is -2.43. The van der Waals surface area contributed by atoms with E-state index in [1.165, 1.54) is 0 Å². The molecular formula is C12H17ClF2N2OS. The molecule has 1 atom stereocenters. The number of alkyl halides is 2. The molecule has 1 rings (SSSR count). The average Bonchev–Trinajstić information content (AvgIpc) is 2.28. The van der Waals surface area contributed by atoms with E-state index in [1.807, 2.05) is 6.92 Å². The molecule has 1 unspecified atom stereocenters. The Balaban J connectivity index is 0.00000324. The van der Waals surface area contributed by atoms with Crippen molar-refractivity contribution in [1.82, 2.24) is 0 Å². The molecule has 0 aliphatic carbocycles. The summed E-state index contributed by atoms with van der Waals surface area (Å²) in [5.41, 5.74) is 6.15. The summed E-state index contributed by atoms with van der Waals surface area (Å²) in [4.78, 5) is 12.0. The Morgan fingerprint density at radius 3 is 2.42 bits per heavy atom. The first-order valence-corrected chi connectivity index (χ1v) is 6.45. The molecule has 0 saturated carbocycles.